The standard InChI is InChI=1S/C24H35N5O.HI/c1-19-10-11-21(23(16-19)30-22-8-6-5-7-9-22)18-27-24(25-3)26-17-20(2)29-14-12-28(4)13-15-29;/h5-11,16,20H,12-15,17-18H2,1-4H3,(H2,25,26,27);1H. The number of aryl methyl sites for hydroxylation is 1. The second-order valence-corrected chi connectivity index (χ2v) is 8.02. The van der Waals surface area contributed by atoms with Crippen molar-refractivity contribution in [1.82, 2.24) is 20.4 Å². The number of hydrogen-bond donors (Lipinski definition) is 2. The number of ether oxygens (including phenoxy) is 1. The first-order valence-electron chi connectivity index (χ1n) is 10.7. The molecule has 0 radical (unpaired) electrons. The highest BCUT2D eigenvalue weighted by Gasteiger charge is 2.19. The Kier molecular flexibility index (Phi) is 10.6. The van der Waals surface area contributed by atoms with E-state index >= 15 is 0 Å². The molecule has 1 aliphatic heterocycles. The van der Waals surface area contributed by atoms with E-state index in [4.69, 9.17) is 4.74 Å². The number of para-hydroxylation sites is 1. The van der Waals surface area contributed by atoms with Gasteiger partial charge in [0, 0.05) is 57.9 Å². The van der Waals surface area contributed by atoms with E-state index in [9.17, 15) is 0 Å². The molecule has 1 fully saturated rings. The number of rotatable bonds is 7. The van der Waals surface area contributed by atoms with E-state index in [1.54, 1.807) is 0 Å². The minimum Gasteiger partial charge on any atom is -0.457 e. The van der Waals surface area contributed by atoms with E-state index < -0.39 is 0 Å². The van der Waals surface area contributed by atoms with Crippen LogP contribution >= 0.6 is 24.0 Å². The van der Waals surface area contributed by atoms with Crippen LogP contribution in [0.4, 0.5) is 0 Å². The van der Waals surface area contributed by atoms with Crippen LogP contribution in [0, 0.1) is 6.92 Å². The largest absolute Gasteiger partial charge is 0.457 e. The number of nitrogens with zero attached hydrogens (tertiary/aromatic N) is 3. The zero-order valence-electron chi connectivity index (χ0n) is 19.1. The Morgan fingerprint density at radius 1 is 1.06 bits per heavy atom. The summed E-state index contributed by atoms with van der Waals surface area (Å²) in [5.41, 5.74) is 2.27. The minimum absolute atomic E-state index is 0. The van der Waals surface area contributed by atoms with Crippen LogP contribution in [-0.4, -0.2) is 68.6 Å². The lowest BCUT2D eigenvalue weighted by molar-refractivity contribution is 0.120. The van der Waals surface area contributed by atoms with Crippen molar-refractivity contribution in [1.29, 1.82) is 0 Å². The third kappa shape index (κ3) is 7.97. The summed E-state index contributed by atoms with van der Waals surface area (Å²) in [6.45, 7) is 10.4. The summed E-state index contributed by atoms with van der Waals surface area (Å²) in [5, 5.41) is 6.90. The maximum Gasteiger partial charge on any atom is 0.191 e. The molecular weight excluding hydrogens is 501 g/mol. The summed E-state index contributed by atoms with van der Waals surface area (Å²) in [6.07, 6.45) is 0. The fourth-order valence-electron chi connectivity index (χ4n) is 3.55. The van der Waals surface area contributed by atoms with E-state index in [2.05, 4.69) is 64.5 Å². The lowest BCUT2D eigenvalue weighted by Crippen LogP contribution is -2.52. The molecule has 1 aliphatic rings. The number of nitrogens with one attached hydrogen (secondary N) is 2. The summed E-state index contributed by atoms with van der Waals surface area (Å²) in [5.74, 6) is 2.52. The monoisotopic (exact) mass is 537 g/mol. The van der Waals surface area contributed by atoms with E-state index in [1.807, 2.05) is 37.4 Å². The zero-order valence-corrected chi connectivity index (χ0v) is 21.4. The number of hydrogen-bond acceptors (Lipinski definition) is 4. The Morgan fingerprint density at radius 2 is 1.77 bits per heavy atom. The van der Waals surface area contributed by atoms with Gasteiger partial charge < -0.3 is 20.3 Å². The topological polar surface area (TPSA) is 52.1 Å². The Labute approximate surface area is 204 Å². The highest BCUT2D eigenvalue weighted by atomic mass is 127. The Hall–Kier alpha value is -1.84. The highest BCUT2D eigenvalue weighted by Crippen LogP contribution is 2.26. The number of likely N-dealkylation sites (N-methyl/N-ethyl adjacent to an activating group) is 1. The molecule has 1 heterocycles. The van der Waals surface area contributed by atoms with Gasteiger partial charge in [-0.2, -0.15) is 0 Å². The van der Waals surface area contributed by atoms with Gasteiger partial charge in [-0.15, -0.1) is 24.0 Å². The second-order valence-electron chi connectivity index (χ2n) is 8.02. The van der Waals surface area contributed by atoms with Gasteiger partial charge in [-0.3, -0.25) is 9.89 Å². The molecule has 1 saturated heterocycles. The first-order valence-corrected chi connectivity index (χ1v) is 10.7. The van der Waals surface area contributed by atoms with Crippen LogP contribution in [0.3, 0.4) is 0 Å². The third-order valence-electron chi connectivity index (χ3n) is 5.59. The molecule has 2 aromatic carbocycles. The number of guanidine groups is 1. The van der Waals surface area contributed by atoms with Crippen molar-refractivity contribution in [2.75, 3.05) is 46.8 Å². The average Bonchev–Trinajstić information content (AvgIpc) is 2.76. The van der Waals surface area contributed by atoms with Gasteiger partial charge in [0.15, 0.2) is 5.96 Å². The number of halogens is 1. The van der Waals surface area contributed by atoms with Gasteiger partial charge in [-0.25, -0.2) is 0 Å². The molecule has 0 saturated carbocycles. The quantitative estimate of drug-likeness (QED) is 0.321. The Morgan fingerprint density at radius 3 is 2.45 bits per heavy atom. The molecule has 0 aromatic heterocycles. The molecule has 2 aromatic rings. The molecule has 3 rings (SSSR count). The summed E-state index contributed by atoms with van der Waals surface area (Å²) in [7, 11) is 4.00. The molecule has 6 nitrogen and oxygen atoms in total. The van der Waals surface area contributed by atoms with Crippen molar-refractivity contribution in [2.45, 2.75) is 26.4 Å². The fourth-order valence-corrected chi connectivity index (χ4v) is 3.55. The summed E-state index contributed by atoms with van der Waals surface area (Å²) in [4.78, 5) is 9.31. The van der Waals surface area contributed by atoms with Crippen LogP contribution in [0.1, 0.15) is 18.1 Å². The van der Waals surface area contributed by atoms with E-state index in [1.165, 1.54) is 5.56 Å². The predicted octanol–water partition coefficient (Wildman–Crippen LogP) is 3.71. The average molecular weight is 537 g/mol. The van der Waals surface area contributed by atoms with Crippen molar-refractivity contribution < 1.29 is 4.74 Å². The van der Waals surface area contributed by atoms with Gasteiger partial charge >= 0.3 is 0 Å². The molecule has 0 spiro atoms. The van der Waals surface area contributed by atoms with Crippen LogP contribution in [0.25, 0.3) is 0 Å². The minimum atomic E-state index is 0. The lowest BCUT2D eigenvalue weighted by Gasteiger charge is -2.36. The van der Waals surface area contributed by atoms with Crippen molar-refractivity contribution in [2.24, 2.45) is 4.99 Å². The second kappa shape index (κ2) is 12.9. The van der Waals surface area contributed by atoms with Crippen LogP contribution in [0.5, 0.6) is 11.5 Å². The predicted molar refractivity (Wildman–Crippen MR) is 140 cm³/mol. The molecule has 0 aliphatic carbocycles. The lowest BCUT2D eigenvalue weighted by atomic mass is 10.1. The van der Waals surface area contributed by atoms with Gasteiger partial charge in [0.25, 0.3) is 0 Å². The van der Waals surface area contributed by atoms with Crippen molar-refractivity contribution in [3.05, 3.63) is 59.7 Å². The normalized spacial score (nSPS) is 16.3. The van der Waals surface area contributed by atoms with Crippen molar-refractivity contribution in [3.8, 4) is 11.5 Å². The SMILES string of the molecule is CN=C(NCc1ccc(C)cc1Oc1ccccc1)NCC(C)N1CCN(C)CC1.I. The molecule has 0 bridgehead atoms. The van der Waals surface area contributed by atoms with Crippen molar-refractivity contribution in [3.63, 3.8) is 0 Å². The zero-order chi connectivity index (χ0) is 21.3. The Bertz CT molecular complexity index is 822. The highest BCUT2D eigenvalue weighted by molar-refractivity contribution is 14.0. The van der Waals surface area contributed by atoms with Gasteiger partial charge in [0.05, 0.1) is 0 Å². The van der Waals surface area contributed by atoms with Crippen LogP contribution in [0.2, 0.25) is 0 Å². The number of benzene rings is 2. The summed E-state index contributed by atoms with van der Waals surface area (Å²) < 4.78 is 6.13. The first kappa shape index (κ1) is 25.4. The van der Waals surface area contributed by atoms with Crippen LogP contribution in [0.15, 0.2) is 53.5 Å². The van der Waals surface area contributed by atoms with E-state index in [-0.39, 0.29) is 24.0 Å². The maximum absolute atomic E-state index is 6.13. The maximum atomic E-state index is 6.13. The fraction of sp³-hybridized carbons (Fsp3) is 0.458. The summed E-state index contributed by atoms with van der Waals surface area (Å²) >= 11 is 0. The smallest absolute Gasteiger partial charge is 0.191 e. The van der Waals surface area contributed by atoms with Gasteiger partial charge in [0.1, 0.15) is 11.5 Å². The molecule has 170 valence electrons. The Balaban J connectivity index is 0.00000341. The van der Waals surface area contributed by atoms with Crippen LogP contribution in [-0.2, 0) is 6.54 Å². The van der Waals surface area contributed by atoms with E-state index in [0.29, 0.717) is 12.6 Å². The molecule has 7 heteroatoms. The molecule has 2 N–H and O–H groups in total. The van der Waals surface area contributed by atoms with Crippen LogP contribution < -0.4 is 15.4 Å². The molecule has 0 amide bonds. The first-order chi connectivity index (χ1) is 14.5. The van der Waals surface area contributed by atoms with Gasteiger partial charge in [0.2, 0.25) is 0 Å². The third-order valence-corrected chi connectivity index (χ3v) is 5.59. The molecule has 1 atom stereocenters. The van der Waals surface area contributed by atoms with Gasteiger partial charge in [-0.05, 0) is 44.7 Å². The molecule has 31 heavy (non-hydrogen) atoms. The summed E-state index contributed by atoms with van der Waals surface area (Å²) in [6, 6.07) is 16.7. The van der Waals surface area contributed by atoms with E-state index in [0.717, 1.165) is 55.7 Å². The van der Waals surface area contributed by atoms with Crippen molar-refractivity contribution >= 4 is 29.9 Å². The number of piperazine rings is 1. The molecular formula is C24H36IN5O. The van der Waals surface area contributed by atoms with Gasteiger partial charge in [-0.1, -0.05) is 30.3 Å². The molecule has 1 unspecified atom stereocenters. The number of aliphatic imine (C=N–C) groups is 1.